The van der Waals surface area contributed by atoms with Crippen LogP contribution >= 0.6 is 0 Å². The number of hydrogen-bond donors (Lipinski definition) is 0. The Bertz CT molecular complexity index is 221. The van der Waals surface area contributed by atoms with E-state index in [1.165, 1.54) is 0 Å². The van der Waals surface area contributed by atoms with Crippen LogP contribution < -0.4 is 4.74 Å². The maximum absolute atomic E-state index is 5.60. The monoisotopic (exact) mass is 165 g/mol. The van der Waals surface area contributed by atoms with Gasteiger partial charge in [0.25, 0.3) is 0 Å². The molecule has 1 atom stereocenters. The molecule has 0 N–H and O–H groups in total. The second kappa shape index (κ2) is 4.12. The molecular formula is C10H15NO. The third-order valence-electron chi connectivity index (χ3n) is 1.78. The van der Waals surface area contributed by atoms with Gasteiger partial charge in [-0.15, -0.1) is 0 Å². The molecule has 66 valence electrons. The van der Waals surface area contributed by atoms with Crippen molar-refractivity contribution < 1.29 is 4.74 Å². The summed E-state index contributed by atoms with van der Waals surface area (Å²) in [5, 5.41) is 0. The lowest BCUT2D eigenvalue weighted by Gasteiger charge is -2.20. The molecule has 0 aliphatic carbocycles. The van der Waals surface area contributed by atoms with Crippen molar-refractivity contribution in [3.05, 3.63) is 30.3 Å². The minimum absolute atomic E-state index is 0.118. The zero-order valence-corrected chi connectivity index (χ0v) is 7.82. The van der Waals surface area contributed by atoms with Gasteiger partial charge in [0.05, 0.1) is 0 Å². The smallest absolute Gasteiger partial charge is 0.149 e. The Balaban J connectivity index is 2.53. The first kappa shape index (κ1) is 9.07. The Morgan fingerprint density at radius 3 is 2.25 bits per heavy atom. The highest BCUT2D eigenvalue weighted by Crippen LogP contribution is 2.10. The summed E-state index contributed by atoms with van der Waals surface area (Å²) in [6, 6.07) is 9.84. The van der Waals surface area contributed by atoms with Gasteiger partial charge in [0.2, 0.25) is 0 Å². The summed E-state index contributed by atoms with van der Waals surface area (Å²) >= 11 is 0. The Hall–Kier alpha value is -1.02. The lowest BCUT2D eigenvalue weighted by Crippen LogP contribution is -2.30. The molecule has 2 heteroatoms. The highest BCUT2D eigenvalue weighted by molar-refractivity contribution is 5.21. The van der Waals surface area contributed by atoms with Crippen LogP contribution in [-0.2, 0) is 0 Å². The lowest BCUT2D eigenvalue weighted by atomic mass is 10.3. The maximum Gasteiger partial charge on any atom is 0.149 e. The fourth-order valence-electron chi connectivity index (χ4n) is 0.801. The van der Waals surface area contributed by atoms with E-state index in [0.29, 0.717) is 0 Å². The molecular weight excluding hydrogens is 150 g/mol. The van der Waals surface area contributed by atoms with Crippen LogP contribution in [0.3, 0.4) is 0 Å². The first-order valence-electron chi connectivity index (χ1n) is 4.08. The van der Waals surface area contributed by atoms with Crippen molar-refractivity contribution in [2.45, 2.75) is 13.2 Å². The lowest BCUT2D eigenvalue weighted by molar-refractivity contribution is 0.0815. The number of nitrogens with zero attached hydrogens (tertiary/aromatic N) is 1. The van der Waals surface area contributed by atoms with Crippen molar-refractivity contribution in [2.75, 3.05) is 14.1 Å². The molecule has 0 aliphatic rings. The van der Waals surface area contributed by atoms with Crippen LogP contribution in [0.5, 0.6) is 5.75 Å². The molecule has 0 aliphatic heterocycles. The van der Waals surface area contributed by atoms with Gasteiger partial charge in [0.15, 0.2) is 0 Å². The summed E-state index contributed by atoms with van der Waals surface area (Å²) in [6.07, 6.45) is 0.118. The van der Waals surface area contributed by atoms with Crippen LogP contribution in [-0.4, -0.2) is 25.2 Å². The van der Waals surface area contributed by atoms with Crippen molar-refractivity contribution in [1.29, 1.82) is 0 Å². The molecule has 12 heavy (non-hydrogen) atoms. The van der Waals surface area contributed by atoms with Crippen molar-refractivity contribution in [2.24, 2.45) is 0 Å². The highest BCUT2D eigenvalue weighted by Gasteiger charge is 2.04. The van der Waals surface area contributed by atoms with E-state index < -0.39 is 0 Å². The van der Waals surface area contributed by atoms with Gasteiger partial charge in [-0.2, -0.15) is 0 Å². The predicted octanol–water partition coefficient (Wildman–Crippen LogP) is 1.97. The molecule has 0 bridgehead atoms. The van der Waals surface area contributed by atoms with Crippen LogP contribution in [0.1, 0.15) is 6.92 Å². The van der Waals surface area contributed by atoms with E-state index in [2.05, 4.69) is 0 Å². The average Bonchev–Trinajstić information content (AvgIpc) is 2.06. The van der Waals surface area contributed by atoms with Crippen LogP contribution in [0.15, 0.2) is 30.3 Å². The van der Waals surface area contributed by atoms with Crippen LogP contribution in [0, 0.1) is 0 Å². The van der Waals surface area contributed by atoms with Gasteiger partial charge in [0, 0.05) is 0 Å². The van der Waals surface area contributed by atoms with Crippen molar-refractivity contribution in [3.8, 4) is 5.75 Å². The molecule has 0 fully saturated rings. The normalized spacial score (nSPS) is 13.0. The van der Waals surface area contributed by atoms with E-state index in [0.717, 1.165) is 5.75 Å². The molecule has 0 unspecified atom stereocenters. The molecule has 0 aromatic heterocycles. The number of rotatable bonds is 3. The molecule has 0 spiro atoms. The fourth-order valence-corrected chi connectivity index (χ4v) is 0.801. The molecule has 2 nitrogen and oxygen atoms in total. The summed E-state index contributed by atoms with van der Waals surface area (Å²) < 4.78 is 5.60. The van der Waals surface area contributed by atoms with Crippen molar-refractivity contribution >= 4 is 0 Å². The van der Waals surface area contributed by atoms with E-state index in [-0.39, 0.29) is 6.23 Å². The van der Waals surface area contributed by atoms with Gasteiger partial charge in [-0.05, 0) is 33.2 Å². The van der Waals surface area contributed by atoms with Crippen LogP contribution in [0.4, 0.5) is 0 Å². The number of hydrogen-bond acceptors (Lipinski definition) is 2. The van der Waals surface area contributed by atoms with Crippen molar-refractivity contribution in [3.63, 3.8) is 0 Å². The summed E-state index contributed by atoms with van der Waals surface area (Å²) in [6.45, 7) is 2.02. The second-order valence-corrected chi connectivity index (χ2v) is 2.99. The van der Waals surface area contributed by atoms with E-state index in [4.69, 9.17) is 4.74 Å². The molecule has 0 amide bonds. The zero-order chi connectivity index (χ0) is 8.97. The first-order chi connectivity index (χ1) is 5.70. The van der Waals surface area contributed by atoms with E-state index in [1.54, 1.807) is 0 Å². The highest BCUT2D eigenvalue weighted by atomic mass is 16.5. The predicted molar refractivity (Wildman–Crippen MR) is 50.2 cm³/mol. The molecule has 0 heterocycles. The summed E-state index contributed by atoms with van der Waals surface area (Å²) in [5.41, 5.74) is 0. The maximum atomic E-state index is 5.60. The van der Waals surface area contributed by atoms with Gasteiger partial charge in [-0.25, -0.2) is 0 Å². The number of para-hydroxylation sites is 1. The Morgan fingerprint density at radius 2 is 1.75 bits per heavy atom. The third-order valence-corrected chi connectivity index (χ3v) is 1.78. The molecule has 1 rings (SSSR count). The molecule has 0 radical (unpaired) electrons. The summed E-state index contributed by atoms with van der Waals surface area (Å²) in [7, 11) is 3.99. The van der Waals surface area contributed by atoms with Gasteiger partial charge < -0.3 is 4.74 Å². The zero-order valence-electron chi connectivity index (χ0n) is 7.82. The topological polar surface area (TPSA) is 12.5 Å². The first-order valence-corrected chi connectivity index (χ1v) is 4.08. The molecule has 1 aromatic rings. The third kappa shape index (κ3) is 2.55. The summed E-state index contributed by atoms with van der Waals surface area (Å²) in [5.74, 6) is 0.915. The van der Waals surface area contributed by atoms with Crippen LogP contribution in [0.25, 0.3) is 0 Å². The van der Waals surface area contributed by atoms with Gasteiger partial charge in [0.1, 0.15) is 12.0 Å². The molecule has 0 saturated carbocycles. The van der Waals surface area contributed by atoms with E-state index >= 15 is 0 Å². The largest absolute Gasteiger partial charge is 0.475 e. The second-order valence-electron chi connectivity index (χ2n) is 2.99. The Kier molecular flexibility index (Phi) is 3.11. The molecule has 1 aromatic carbocycles. The van der Waals surface area contributed by atoms with Crippen molar-refractivity contribution in [1.82, 2.24) is 4.90 Å². The SMILES string of the molecule is C[C@H](Oc1ccccc1)N(C)C. The van der Waals surface area contributed by atoms with Gasteiger partial charge in [-0.1, -0.05) is 18.2 Å². The quantitative estimate of drug-likeness (QED) is 0.635. The standard InChI is InChI=1S/C10H15NO/c1-9(11(2)3)12-10-7-5-4-6-8-10/h4-9H,1-3H3/t9-/m0/s1. The van der Waals surface area contributed by atoms with Gasteiger partial charge in [-0.3, -0.25) is 4.90 Å². The Morgan fingerprint density at radius 1 is 1.17 bits per heavy atom. The molecule has 0 saturated heterocycles. The average molecular weight is 165 g/mol. The van der Waals surface area contributed by atoms with E-state index in [1.807, 2.05) is 56.3 Å². The van der Waals surface area contributed by atoms with Crippen LogP contribution in [0.2, 0.25) is 0 Å². The Labute approximate surface area is 73.8 Å². The number of ether oxygens (including phenoxy) is 1. The van der Waals surface area contributed by atoms with E-state index in [9.17, 15) is 0 Å². The summed E-state index contributed by atoms with van der Waals surface area (Å²) in [4.78, 5) is 2.02. The van der Waals surface area contributed by atoms with Gasteiger partial charge >= 0.3 is 0 Å². The fraction of sp³-hybridized carbons (Fsp3) is 0.400. The minimum atomic E-state index is 0.118. The minimum Gasteiger partial charge on any atom is -0.475 e. The number of benzene rings is 1.